The Hall–Kier alpha value is -0.220. The van der Waals surface area contributed by atoms with E-state index in [1.54, 1.807) is 18.8 Å². The van der Waals surface area contributed by atoms with E-state index in [4.69, 9.17) is 4.74 Å². The first-order valence-electron chi connectivity index (χ1n) is 4.23. The van der Waals surface area contributed by atoms with Crippen molar-refractivity contribution in [2.24, 2.45) is 0 Å². The molecule has 0 radical (unpaired) electrons. The fourth-order valence-corrected chi connectivity index (χ4v) is 2.10. The van der Waals surface area contributed by atoms with Gasteiger partial charge in [-0.3, -0.25) is 4.79 Å². The van der Waals surface area contributed by atoms with Gasteiger partial charge in [0.2, 0.25) is 5.91 Å². The number of hydrogen-bond donors (Lipinski definition) is 1. The zero-order chi connectivity index (χ0) is 8.81. The van der Waals surface area contributed by atoms with Gasteiger partial charge in [0.15, 0.2) is 0 Å². The predicted octanol–water partition coefficient (Wildman–Crippen LogP) is 0.645. The zero-order valence-electron chi connectivity index (χ0n) is 7.34. The molecule has 0 saturated carbocycles. The lowest BCUT2D eigenvalue weighted by Gasteiger charge is -2.07. The Morgan fingerprint density at radius 3 is 3.17 bits per heavy atom. The second-order valence-corrected chi connectivity index (χ2v) is 3.85. The van der Waals surface area contributed by atoms with E-state index >= 15 is 0 Å². The smallest absolute Gasteiger partial charge is 0.229 e. The Kier molecular flexibility index (Phi) is 4.46. The molecule has 1 rings (SSSR count). The molecule has 0 aromatic carbocycles. The molecule has 1 unspecified atom stereocenters. The van der Waals surface area contributed by atoms with Crippen molar-refractivity contribution in [3.8, 4) is 0 Å². The Labute approximate surface area is 77.2 Å². The molecule has 1 N–H and O–H groups in total. The molecule has 70 valence electrons. The molecular weight excluding hydrogens is 174 g/mol. The summed E-state index contributed by atoms with van der Waals surface area (Å²) in [6.07, 6.45) is 2.71. The number of thioether (sulfide) groups is 1. The van der Waals surface area contributed by atoms with Crippen LogP contribution in [0.3, 0.4) is 0 Å². The zero-order valence-corrected chi connectivity index (χ0v) is 8.15. The van der Waals surface area contributed by atoms with Crippen molar-refractivity contribution < 1.29 is 9.53 Å². The maximum Gasteiger partial charge on any atom is 0.229 e. The van der Waals surface area contributed by atoms with Gasteiger partial charge in [0.05, 0.1) is 11.9 Å². The summed E-state index contributed by atoms with van der Waals surface area (Å²) in [6, 6.07) is 0. The number of nitrogens with one attached hydrogen (secondary N) is 1. The summed E-state index contributed by atoms with van der Waals surface area (Å²) in [6.45, 7) is 0.894. The van der Waals surface area contributed by atoms with Gasteiger partial charge in [0.25, 0.3) is 0 Å². The van der Waals surface area contributed by atoms with E-state index in [-0.39, 0.29) is 5.91 Å². The highest BCUT2D eigenvalue weighted by molar-refractivity contribution is 7.99. The van der Waals surface area contributed by atoms with Crippen LogP contribution in [-0.4, -0.2) is 37.2 Å². The van der Waals surface area contributed by atoms with E-state index < -0.39 is 0 Å². The lowest BCUT2D eigenvalue weighted by Crippen LogP contribution is -2.21. The van der Waals surface area contributed by atoms with Gasteiger partial charge < -0.3 is 10.1 Å². The second kappa shape index (κ2) is 5.43. The maximum absolute atomic E-state index is 10.8. The fourth-order valence-electron chi connectivity index (χ4n) is 1.13. The first kappa shape index (κ1) is 9.86. The molecule has 1 fully saturated rings. The SMILES string of the molecule is CNC(=O)CSCC1CCCO1. The van der Waals surface area contributed by atoms with Crippen LogP contribution >= 0.6 is 11.8 Å². The van der Waals surface area contributed by atoms with E-state index in [0.717, 1.165) is 18.8 Å². The molecule has 0 aliphatic carbocycles. The third kappa shape index (κ3) is 3.45. The minimum atomic E-state index is 0.0954. The molecule has 12 heavy (non-hydrogen) atoms. The summed E-state index contributed by atoms with van der Waals surface area (Å²) in [5.41, 5.74) is 0. The number of carbonyl (C=O) groups is 1. The highest BCUT2D eigenvalue weighted by Crippen LogP contribution is 2.16. The van der Waals surface area contributed by atoms with Crippen LogP contribution < -0.4 is 5.32 Å². The topological polar surface area (TPSA) is 38.3 Å². The normalized spacial score (nSPS) is 22.6. The number of rotatable bonds is 4. The Morgan fingerprint density at radius 2 is 2.58 bits per heavy atom. The van der Waals surface area contributed by atoms with Gasteiger partial charge >= 0.3 is 0 Å². The Morgan fingerprint density at radius 1 is 1.75 bits per heavy atom. The molecule has 1 heterocycles. The molecule has 3 nitrogen and oxygen atoms in total. The van der Waals surface area contributed by atoms with E-state index in [1.807, 2.05) is 0 Å². The summed E-state index contributed by atoms with van der Waals surface area (Å²) in [5, 5.41) is 2.59. The molecule has 1 saturated heterocycles. The lowest BCUT2D eigenvalue weighted by atomic mass is 10.3. The highest BCUT2D eigenvalue weighted by Gasteiger charge is 2.15. The van der Waals surface area contributed by atoms with Gasteiger partial charge in [-0.05, 0) is 12.8 Å². The van der Waals surface area contributed by atoms with Crippen LogP contribution in [0.1, 0.15) is 12.8 Å². The van der Waals surface area contributed by atoms with E-state index in [0.29, 0.717) is 11.9 Å². The summed E-state index contributed by atoms with van der Waals surface area (Å²) in [5.74, 6) is 1.60. The van der Waals surface area contributed by atoms with Crippen molar-refractivity contribution in [3.05, 3.63) is 0 Å². The van der Waals surface area contributed by atoms with Crippen LogP contribution in [0.25, 0.3) is 0 Å². The Bertz CT molecular complexity index is 146. The van der Waals surface area contributed by atoms with Crippen molar-refractivity contribution in [2.75, 3.05) is 25.2 Å². The molecule has 1 amide bonds. The summed E-state index contributed by atoms with van der Waals surface area (Å²) in [4.78, 5) is 10.8. The van der Waals surface area contributed by atoms with Gasteiger partial charge in [0, 0.05) is 19.4 Å². The van der Waals surface area contributed by atoms with E-state index in [2.05, 4.69) is 5.32 Å². The predicted molar refractivity (Wildman–Crippen MR) is 50.4 cm³/mol. The third-order valence-electron chi connectivity index (χ3n) is 1.84. The van der Waals surface area contributed by atoms with Crippen molar-refractivity contribution in [1.82, 2.24) is 5.32 Å². The van der Waals surface area contributed by atoms with Crippen LogP contribution in [0.5, 0.6) is 0 Å². The van der Waals surface area contributed by atoms with Crippen LogP contribution in [-0.2, 0) is 9.53 Å². The first-order valence-corrected chi connectivity index (χ1v) is 5.38. The van der Waals surface area contributed by atoms with Crippen LogP contribution in [0, 0.1) is 0 Å². The summed E-state index contributed by atoms with van der Waals surface area (Å²) < 4.78 is 5.42. The van der Waals surface area contributed by atoms with Crippen molar-refractivity contribution in [1.29, 1.82) is 0 Å². The first-order chi connectivity index (χ1) is 5.83. The quantitative estimate of drug-likeness (QED) is 0.705. The second-order valence-electron chi connectivity index (χ2n) is 2.82. The van der Waals surface area contributed by atoms with Crippen molar-refractivity contribution in [2.45, 2.75) is 18.9 Å². The average Bonchev–Trinajstić information content (AvgIpc) is 2.57. The van der Waals surface area contributed by atoms with E-state index in [9.17, 15) is 4.79 Å². The highest BCUT2D eigenvalue weighted by atomic mass is 32.2. The largest absolute Gasteiger partial charge is 0.377 e. The minimum absolute atomic E-state index is 0.0954. The molecule has 0 bridgehead atoms. The van der Waals surface area contributed by atoms with Crippen LogP contribution in [0.4, 0.5) is 0 Å². The molecule has 0 aromatic rings. The molecule has 0 spiro atoms. The average molecular weight is 189 g/mol. The molecule has 1 aliphatic heterocycles. The summed E-state index contributed by atoms with van der Waals surface area (Å²) in [7, 11) is 1.66. The van der Waals surface area contributed by atoms with E-state index in [1.165, 1.54) is 6.42 Å². The number of hydrogen-bond acceptors (Lipinski definition) is 3. The van der Waals surface area contributed by atoms with Crippen molar-refractivity contribution >= 4 is 17.7 Å². The van der Waals surface area contributed by atoms with Gasteiger partial charge in [-0.1, -0.05) is 0 Å². The van der Waals surface area contributed by atoms with Gasteiger partial charge in [-0.2, -0.15) is 0 Å². The molecule has 1 aliphatic rings. The third-order valence-corrected chi connectivity index (χ3v) is 2.91. The van der Waals surface area contributed by atoms with Gasteiger partial charge in [0.1, 0.15) is 0 Å². The summed E-state index contributed by atoms with van der Waals surface area (Å²) >= 11 is 1.65. The van der Waals surface area contributed by atoms with Crippen LogP contribution in [0.15, 0.2) is 0 Å². The standard InChI is InChI=1S/C8H15NO2S/c1-9-8(10)6-12-5-7-3-2-4-11-7/h7H,2-6H2,1H3,(H,9,10). The lowest BCUT2D eigenvalue weighted by molar-refractivity contribution is -0.118. The minimum Gasteiger partial charge on any atom is -0.377 e. The molecule has 0 aromatic heterocycles. The van der Waals surface area contributed by atoms with Crippen molar-refractivity contribution in [3.63, 3.8) is 0 Å². The maximum atomic E-state index is 10.8. The number of amides is 1. The molecule has 1 atom stereocenters. The van der Waals surface area contributed by atoms with Gasteiger partial charge in [-0.15, -0.1) is 11.8 Å². The molecule has 4 heteroatoms. The Balaban J connectivity index is 1.97. The fraction of sp³-hybridized carbons (Fsp3) is 0.875. The number of carbonyl (C=O) groups excluding carboxylic acids is 1. The monoisotopic (exact) mass is 189 g/mol. The molecular formula is C8H15NO2S. The van der Waals surface area contributed by atoms with Crippen LogP contribution in [0.2, 0.25) is 0 Å². The van der Waals surface area contributed by atoms with Gasteiger partial charge in [-0.25, -0.2) is 0 Å². The number of ether oxygens (including phenoxy) is 1.